The molecule has 0 amide bonds. The maximum Gasteiger partial charge on any atom is 0.145 e. The predicted molar refractivity (Wildman–Crippen MR) is 80.6 cm³/mol. The smallest absolute Gasteiger partial charge is 0.145 e. The molecule has 0 saturated carbocycles. The Balaban J connectivity index is 2.57. The molecule has 0 aromatic carbocycles. The molecule has 1 rings (SSSR count). The van der Waals surface area contributed by atoms with Gasteiger partial charge in [0, 0.05) is 35.4 Å². The SMILES string of the molecule is CCCNc1ncnc(NCCS(=O)CC)c1Br. The van der Waals surface area contributed by atoms with Crippen molar-refractivity contribution >= 4 is 38.4 Å². The lowest BCUT2D eigenvalue weighted by Crippen LogP contribution is -2.14. The zero-order valence-corrected chi connectivity index (χ0v) is 13.1. The van der Waals surface area contributed by atoms with Crippen LogP contribution in [0.2, 0.25) is 0 Å². The highest BCUT2D eigenvalue weighted by Crippen LogP contribution is 2.26. The fourth-order valence-corrected chi connectivity index (χ4v) is 2.39. The van der Waals surface area contributed by atoms with Crippen LogP contribution >= 0.6 is 15.9 Å². The number of hydrogen-bond acceptors (Lipinski definition) is 5. The molecule has 0 fully saturated rings. The van der Waals surface area contributed by atoms with Gasteiger partial charge in [0.2, 0.25) is 0 Å². The van der Waals surface area contributed by atoms with Gasteiger partial charge in [-0.05, 0) is 22.4 Å². The molecule has 0 radical (unpaired) electrons. The molecule has 0 spiro atoms. The second-order valence-corrected chi connectivity index (χ2v) is 6.33. The molecular formula is C11H19BrN4OS. The number of nitrogens with zero attached hydrogens (tertiary/aromatic N) is 2. The minimum absolute atomic E-state index is 0.630. The summed E-state index contributed by atoms with van der Waals surface area (Å²) in [5.41, 5.74) is 0. The lowest BCUT2D eigenvalue weighted by molar-refractivity contribution is 0.684. The summed E-state index contributed by atoms with van der Waals surface area (Å²) >= 11 is 3.47. The maximum absolute atomic E-state index is 11.3. The Hall–Kier alpha value is -0.690. The molecule has 5 nitrogen and oxygen atoms in total. The van der Waals surface area contributed by atoms with Gasteiger partial charge in [0.1, 0.15) is 22.4 Å². The van der Waals surface area contributed by atoms with E-state index in [2.05, 4.69) is 43.5 Å². The highest BCUT2D eigenvalue weighted by Gasteiger charge is 2.07. The summed E-state index contributed by atoms with van der Waals surface area (Å²) in [5.74, 6) is 2.84. The van der Waals surface area contributed by atoms with Gasteiger partial charge < -0.3 is 10.6 Å². The molecule has 102 valence electrons. The van der Waals surface area contributed by atoms with E-state index >= 15 is 0 Å². The zero-order valence-electron chi connectivity index (χ0n) is 10.7. The van der Waals surface area contributed by atoms with E-state index in [9.17, 15) is 4.21 Å². The van der Waals surface area contributed by atoms with E-state index in [-0.39, 0.29) is 0 Å². The van der Waals surface area contributed by atoms with Crippen molar-refractivity contribution in [3.63, 3.8) is 0 Å². The molecule has 0 saturated heterocycles. The van der Waals surface area contributed by atoms with Gasteiger partial charge in [-0.2, -0.15) is 0 Å². The highest BCUT2D eigenvalue weighted by atomic mass is 79.9. The van der Waals surface area contributed by atoms with Crippen LogP contribution < -0.4 is 10.6 Å². The molecule has 0 aliphatic heterocycles. The summed E-state index contributed by atoms with van der Waals surface area (Å²) in [6.45, 7) is 5.53. The molecule has 1 aromatic heterocycles. The third-order valence-corrected chi connectivity index (χ3v) is 4.33. The number of halogens is 1. The van der Waals surface area contributed by atoms with Crippen LogP contribution in [0.15, 0.2) is 10.8 Å². The monoisotopic (exact) mass is 334 g/mol. The quantitative estimate of drug-likeness (QED) is 0.763. The zero-order chi connectivity index (χ0) is 13.4. The van der Waals surface area contributed by atoms with Crippen molar-refractivity contribution < 1.29 is 4.21 Å². The summed E-state index contributed by atoms with van der Waals surface area (Å²) in [6.07, 6.45) is 2.55. The molecule has 1 heterocycles. The number of rotatable bonds is 8. The van der Waals surface area contributed by atoms with E-state index in [4.69, 9.17) is 0 Å². The Morgan fingerprint density at radius 2 is 1.83 bits per heavy atom. The van der Waals surface area contributed by atoms with Crippen molar-refractivity contribution in [2.75, 3.05) is 35.2 Å². The third-order valence-electron chi connectivity index (χ3n) is 2.28. The van der Waals surface area contributed by atoms with Crippen LogP contribution in [-0.2, 0) is 10.8 Å². The number of aromatic nitrogens is 2. The first-order chi connectivity index (χ1) is 8.69. The van der Waals surface area contributed by atoms with Gasteiger partial charge in [0.15, 0.2) is 0 Å². The van der Waals surface area contributed by atoms with Crippen LogP contribution in [0.5, 0.6) is 0 Å². The average Bonchev–Trinajstić information content (AvgIpc) is 2.39. The normalized spacial score (nSPS) is 12.2. The minimum atomic E-state index is -0.754. The standard InChI is InChI=1S/C11H19BrN4OS/c1-3-5-13-10-9(12)11(16-8-15-10)14-6-7-18(17)4-2/h8H,3-7H2,1-2H3,(H2,13,14,15,16). The van der Waals surface area contributed by atoms with Crippen LogP contribution in [0.25, 0.3) is 0 Å². The first-order valence-corrected chi connectivity index (χ1v) is 8.30. The van der Waals surface area contributed by atoms with E-state index in [1.54, 1.807) is 0 Å². The molecule has 1 unspecified atom stereocenters. The van der Waals surface area contributed by atoms with Gasteiger partial charge in [-0.15, -0.1) is 0 Å². The van der Waals surface area contributed by atoms with E-state index in [0.717, 1.165) is 29.1 Å². The van der Waals surface area contributed by atoms with E-state index in [1.807, 2.05) is 6.92 Å². The van der Waals surface area contributed by atoms with E-state index in [0.29, 0.717) is 18.1 Å². The summed E-state index contributed by atoms with van der Waals surface area (Å²) in [5, 5.41) is 6.38. The fraction of sp³-hybridized carbons (Fsp3) is 0.636. The molecule has 18 heavy (non-hydrogen) atoms. The predicted octanol–water partition coefficient (Wildman–Crippen LogP) is 2.24. The lowest BCUT2D eigenvalue weighted by Gasteiger charge is -2.10. The van der Waals surface area contributed by atoms with Crippen molar-refractivity contribution in [3.05, 3.63) is 10.8 Å². The molecule has 0 aliphatic carbocycles. The van der Waals surface area contributed by atoms with Gasteiger partial charge in [-0.3, -0.25) is 4.21 Å². The van der Waals surface area contributed by atoms with Crippen LogP contribution in [-0.4, -0.2) is 38.8 Å². The number of anilines is 2. The average molecular weight is 335 g/mol. The van der Waals surface area contributed by atoms with E-state index in [1.165, 1.54) is 6.33 Å². The molecule has 7 heteroatoms. The van der Waals surface area contributed by atoms with Crippen LogP contribution in [0.4, 0.5) is 11.6 Å². The van der Waals surface area contributed by atoms with Gasteiger partial charge in [0.25, 0.3) is 0 Å². The first kappa shape index (κ1) is 15.4. The topological polar surface area (TPSA) is 66.9 Å². The molecule has 2 N–H and O–H groups in total. The first-order valence-electron chi connectivity index (χ1n) is 6.02. The Bertz CT molecular complexity index is 403. The van der Waals surface area contributed by atoms with Crippen molar-refractivity contribution in [2.24, 2.45) is 0 Å². The molecular weight excluding hydrogens is 316 g/mol. The maximum atomic E-state index is 11.3. The highest BCUT2D eigenvalue weighted by molar-refractivity contribution is 9.10. The summed E-state index contributed by atoms with van der Waals surface area (Å²) in [7, 11) is -0.754. The van der Waals surface area contributed by atoms with Crippen molar-refractivity contribution in [1.29, 1.82) is 0 Å². The summed E-state index contributed by atoms with van der Waals surface area (Å²) in [6, 6.07) is 0. The third kappa shape index (κ3) is 4.89. The van der Waals surface area contributed by atoms with Crippen molar-refractivity contribution in [1.82, 2.24) is 9.97 Å². The summed E-state index contributed by atoms with van der Waals surface area (Å²) < 4.78 is 12.1. The Kier molecular flexibility index (Phi) is 7.19. The van der Waals surface area contributed by atoms with Crippen LogP contribution in [0, 0.1) is 0 Å². The second kappa shape index (κ2) is 8.42. The Morgan fingerprint density at radius 3 is 2.39 bits per heavy atom. The number of hydrogen-bond donors (Lipinski definition) is 2. The van der Waals surface area contributed by atoms with Crippen molar-refractivity contribution in [3.8, 4) is 0 Å². The van der Waals surface area contributed by atoms with Crippen LogP contribution in [0.1, 0.15) is 20.3 Å². The number of nitrogens with one attached hydrogen (secondary N) is 2. The minimum Gasteiger partial charge on any atom is -0.369 e. The Morgan fingerprint density at radius 1 is 1.22 bits per heavy atom. The fourth-order valence-electron chi connectivity index (χ4n) is 1.29. The lowest BCUT2D eigenvalue weighted by atomic mass is 10.4. The van der Waals surface area contributed by atoms with Gasteiger partial charge in [-0.25, -0.2) is 9.97 Å². The molecule has 0 bridgehead atoms. The van der Waals surface area contributed by atoms with E-state index < -0.39 is 10.8 Å². The molecule has 1 atom stereocenters. The molecule has 1 aromatic rings. The summed E-state index contributed by atoms with van der Waals surface area (Å²) in [4.78, 5) is 8.33. The Labute approximate surface area is 119 Å². The molecule has 0 aliphatic rings. The van der Waals surface area contributed by atoms with Gasteiger partial charge in [0.05, 0.1) is 0 Å². The van der Waals surface area contributed by atoms with Crippen LogP contribution in [0.3, 0.4) is 0 Å². The van der Waals surface area contributed by atoms with Gasteiger partial charge in [-0.1, -0.05) is 13.8 Å². The largest absolute Gasteiger partial charge is 0.369 e. The van der Waals surface area contributed by atoms with Gasteiger partial charge >= 0.3 is 0 Å². The second-order valence-electron chi connectivity index (χ2n) is 3.67. The van der Waals surface area contributed by atoms with Crippen molar-refractivity contribution in [2.45, 2.75) is 20.3 Å².